The fourth-order valence-corrected chi connectivity index (χ4v) is 5.94. The lowest BCUT2D eigenvalue weighted by Gasteiger charge is -2.45. The van der Waals surface area contributed by atoms with Crippen LogP contribution in [0.15, 0.2) is 17.5 Å². The Bertz CT molecular complexity index is 1110. The van der Waals surface area contributed by atoms with E-state index < -0.39 is 6.09 Å². The van der Waals surface area contributed by atoms with Gasteiger partial charge in [-0.2, -0.15) is 5.10 Å². The molecule has 1 amide bonds. The maximum absolute atomic E-state index is 11.9. The van der Waals surface area contributed by atoms with Gasteiger partial charge in [0.2, 0.25) is 0 Å². The lowest BCUT2D eigenvalue weighted by Crippen LogP contribution is -2.54. The number of piperidine rings is 1. The molecule has 1 aliphatic carbocycles. The van der Waals surface area contributed by atoms with Gasteiger partial charge in [0.25, 0.3) is 0 Å². The Morgan fingerprint density at radius 1 is 1.29 bits per heavy atom. The van der Waals surface area contributed by atoms with E-state index >= 15 is 0 Å². The highest BCUT2D eigenvalue weighted by molar-refractivity contribution is 6.10. The monoisotopic (exact) mass is 468 g/mol. The molecule has 1 spiro atoms. The first-order chi connectivity index (χ1) is 16.2. The van der Waals surface area contributed by atoms with E-state index in [-0.39, 0.29) is 23.1 Å². The van der Waals surface area contributed by atoms with E-state index in [9.17, 15) is 9.90 Å². The fourth-order valence-electron chi connectivity index (χ4n) is 5.94. The van der Waals surface area contributed by atoms with Crippen LogP contribution < -0.4 is 5.32 Å². The largest absolute Gasteiger partial charge is 0.465 e. The molecule has 9 nitrogen and oxygen atoms in total. The number of aryl methyl sites for hydroxylation is 1. The standard InChI is InChI=1S/C25H36N6O3/c1-5-31-22-18(15-27-31)21(17(14-26-22)19-13-25(34-29-19)9-6-7-10-25)28-16-8-11-30(23(32)33)20(12-16)24(2,3)4/h14-16,20H,5-13H2,1-4H3,(H,26,28)(H,32,33). The van der Waals surface area contributed by atoms with Crippen LogP contribution in [0.4, 0.5) is 10.5 Å². The van der Waals surface area contributed by atoms with Gasteiger partial charge < -0.3 is 20.2 Å². The van der Waals surface area contributed by atoms with Crippen molar-refractivity contribution in [3.05, 3.63) is 18.0 Å². The van der Waals surface area contributed by atoms with Gasteiger partial charge in [0.15, 0.2) is 5.65 Å². The predicted octanol–water partition coefficient (Wildman–Crippen LogP) is 4.86. The number of carbonyl (C=O) groups is 1. The van der Waals surface area contributed by atoms with E-state index in [2.05, 4.69) is 43.3 Å². The number of aromatic nitrogens is 3. The minimum Gasteiger partial charge on any atom is -0.465 e. The Balaban J connectivity index is 1.49. The van der Waals surface area contributed by atoms with Gasteiger partial charge in [0, 0.05) is 43.4 Å². The molecule has 0 bridgehead atoms. The van der Waals surface area contributed by atoms with Gasteiger partial charge in [0.1, 0.15) is 5.60 Å². The maximum Gasteiger partial charge on any atom is 0.407 e. The number of nitrogens with zero attached hydrogens (tertiary/aromatic N) is 5. The Hall–Kier alpha value is -2.84. The normalized spacial score (nSPS) is 24.5. The zero-order valence-electron chi connectivity index (χ0n) is 20.7. The average Bonchev–Trinajstić information content (AvgIpc) is 3.54. The lowest BCUT2D eigenvalue weighted by molar-refractivity contribution is -0.0126. The van der Waals surface area contributed by atoms with Crippen molar-refractivity contribution in [1.82, 2.24) is 19.7 Å². The van der Waals surface area contributed by atoms with Crippen molar-refractivity contribution < 1.29 is 14.7 Å². The van der Waals surface area contributed by atoms with Gasteiger partial charge in [-0.05, 0) is 50.9 Å². The lowest BCUT2D eigenvalue weighted by atomic mass is 9.79. The van der Waals surface area contributed by atoms with Crippen LogP contribution in [0.5, 0.6) is 0 Å². The van der Waals surface area contributed by atoms with E-state index in [1.54, 1.807) is 4.90 Å². The van der Waals surface area contributed by atoms with Crippen LogP contribution in [0.2, 0.25) is 0 Å². The molecule has 184 valence electrons. The van der Waals surface area contributed by atoms with Crippen molar-refractivity contribution >= 4 is 28.5 Å². The molecule has 2 fully saturated rings. The van der Waals surface area contributed by atoms with Crippen LogP contribution in [0.3, 0.4) is 0 Å². The molecule has 3 aliphatic rings. The highest BCUT2D eigenvalue weighted by Gasteiger charge is 2.43. The van der Waals surface area contributed by atoms with Crippen molar-refractivity contribution in [2.75, 3.05) is 11.9 Å². The second kappa shape index (κ2) is 8.43. The van der Waals surface area contributed by atoms with Crippen LogP contribution in [-0.4, -0.2) is 60.8 Å². The average molecular weight is 469 g/mol. The van der Waals surface area contributed by atoms with E-state index in [0.717, 1.165) is 66.6 Å². The first kappa shape index (κ1) is 22.9. The van der Waals surface area contributed by atoms with E-state index in [1.807, 2.05) is 17.1 Å². The van der Waals surface area contributed by atoms with Crippen molar-refractivity contribution in [2.24, 2.45) is 10.6 Å². The molecule has 2 aliphatic heterocycles. The first-order valence-electron chi connectivity index (χ1n) is 12.6. The number of pyridine rings is 1. The second-order valence-electron chi connectivity index (χ2n) is 11.2. The highest BCUT2D eigenvalue weighted by atomic mass is 16.7. The van der Waals surface area contributed by atoms with E-state index in [0.29, 0.717) is 6.54 Å². The van der Waals surface area contributed by atoms with Crippen LogP contribution in [-0.2, 0) is 11.4 Å². The topological polar surface area (TPSA) is 105 Å². The molecule has 2 aromatic rings. The number of rotatable bonds is 4. The van der Waals surface area contributed by atoms with Crippen molar-refractivity contribution in [3.63, 3.8) is 0 Å². The van der Waals surface area contributed by atoms with Gasteiger partial charge in [-0.25, -0.2) is 14.5 Å². The number of hydrogen-bond donors (Lipinski definition) is 2. The molecule has 1 saturated heterocycles. The van der Waals surface area contributed by atoms with Crippen LogP contribution in [0.1, 0.15) is 78.2 Å². The van der Waals surface area contributed by atoms with Crippen molar-refractivity contribution in [1.29, 1.82) is 0 Å². The fraction of sp³-hybridized carbons (Fsp3) is 0.680. The summed E-state index contributed by atoms with van der Waals surface area (Å²) in [4.78, 5) is 24.2. The van der Waals surface area contributed by atoms with Crippen molar-refractivity contribution in [2.45, 2.75) is 96.9 Å². The van der Waals surface area contributed by atoms with Gasteiger partial charge in [-0.3, -0.25) is 0 Å². The summed E-state index contributed by atoms with van der Waals surface area (Å²) in [6, 6.07) is 0.0711. The molecule has 0 radical (unpaired) electrons. The predicted molar refractivity (Wildman–Crippen MR) is 131 cm³/mol. The minimum atomic E-state index is -0.839. The molecule has 2 N–H and O–H groups in total. The van der Waals surface area contributed by atoms with Crippen LogP contribution >= 0.6 is 0 Å². The third-order valence-electron chi connectivity index (χ3n) is 7.83. The number of likely N-dealkylation sites (tertiary alicyclic amines) is 1. The molecule has 4 heterocycles. The second-order valence-corrected chi connectivity index (χ2v) is 11.2. The van der Waals surface area contributed by atoms with E-state index in [1.165, 1.54) is 12.8 Å². The van der Waals surface area contributed by atoms with E-state index in [4.69, 9.17) is 9.82 Å². The van der Waals surface area contributed by atoms with Crippen molar-refractivity contribution in [3.8, 4) is 0 Å². The molecule has 2 unspecified atom stereocenters. The summed E-state index contributed by atoms with van der Waals surface area (Å²) in [6.45, 7) is 9.66. The summed E-state index contributed by atoms with van der Waals surface area (Å²) in [7, 11) is 0. The Kier molecular flexibility index (Phi) is 5.68. The smallest absolute Gasteiger partial charge is 0.407 e. The molecule has 2 atom stereocenters. The number of anilines is 1. The summed E-state index contributed by atoms with van der Waals surface area (Å²) in [5, 5.41) is 23.6. The van der Waals surface area contributed by atoms with Gasteiger partial charge >= 0.3 is 6.09 Å². The Labute approximate surface area is 200 Å². The maximum atomic E-state index is 11.9. The summed E-state index contributed by atoms with van der Waals surface area (Å²) < 4.78 is 1.90. The number of hydrogen-bond acceptors (Lipinski definition) is 6. The summed E-state index contributed by atoms with van der Waals surface area (Å²) in [5.74, 6) is 0. The number of nitrogens with one attached hydrogen (secondary N) is 1. The third-order valence-corrected chi connectivity index (χ3v) is 7.83. The Morgan fingerprint density at radius 2 is 2.06 bits per heavy atom. The number of oxime groups is 1. The zero-order chi connectivity index (χ0) is 24.1. The molecular weight excluding hydrogens is 432 g/mol. The SMILES string of the molecule is CCn1ncc2c(NC3CCN(C(=O)O)C(C(C)(C)C)C3)c(C3=NOC4(CCCC4)C3)cnc21. The summed E-state index contributed by atoms with van der Waals surface area (Å²) >= 11 is 0. The number of fused-ring (bicyclic) bond motifs is 1. The number of carboxylic acid groups (broad SMARTS) is 1. The zero-order valence-corrected chi connectivity index (χ0v) is 20.7. The molecule has 0 aromatic carbocycles. The molecule has 34 heavy (non-hydrogen) atoms. The minimum absolute atomic E-state index is 0.0655. The van der Waals surface area contributed by atoms with Gasteiger partial charge in [-0.15, -0.1) is 0 Å². The molecule has 5 rings (SSSR count). The molecule has 2 aromatic heterocycles. The summed E-state index contributed by atoms with van der Waals surface area (Å²) in [5.41, 5.74) is 3.45. The molecule has 1 saturated carbocycles. The quantitative estimate of drug-likeness (QED) is 0.664. The van der Waals surface area contributed by atoms with Crippen LogP contribution in [0, 0.1) is 5.41 Å². The summed E-state index contributed by atoms with van der Waals surface area (Å²) in [6.07, 6.45) is 9.71. The molecule has 9 heteroatoms. The van der Waals surface area contributed by atoms with Gasteiger partial charge in [0.05, 0.1) is 23.0 Å². The Morgan fingerprint density at radius 3 is 2.74 bits per heavy atom. The highest BCUT2D eigenvalue weighted by Crippen LogP contribution is 2.43. The first-order valence-corrected chi connectivity index (χ1v) is 12.6. The van der Waals surface area contributed by atoms with Gasteiger partial charge in [-0.1, -0.05) is 25.9 Å². The number of amides is 1. The van der Waals surface area contributed by atoms with Crippen LogP contribution in [0.25, 0.3) is 11.0 Å². The molecular formula is C25H36N6O3. The third kappa shape index (κ3) is 3.99.